The molecule has 6 heteroatoms. The molecular formula is C14H23N3O3. The van der Waals surface area contributed by atoms with E-state index in [-0.39, 0.29) is 18.4 Å². The summed E-state index contributed by atoms with van der Waals surface area (Å²) < 4.78 is 5.30. The molecule has 0 bridgehead atoms. The average Bonchev–Trinajstić information content (AvgIpc) is 2.49. The first kappa shape index (κ1) is 16.4. The number of nitrogens with zero attached hydrogens (tertiary/aromatic N) is 2. The van der Waals surface area contributed by atoms with Crippen molar-refractivity contribution in [1.82, 2.24) is 10.2 Å². The van der Waals surface area contributed by atoms with Crippen molar-refractivity contribution in [3.63, 3.8) is 0 Å². The van der Waals surface area contributed by atoms with Crippen LogP contribution in [0.25, 0.3) is 0 Å². The van der Waals surface area contributed by atoms with E-state index < -0.39 is 12.0 Å². The van der Waals surface area contributed by atoms with Crippen molar-refractivity contribution in [1.29, 1.82) is 5.26 Å². The minimum atomic E-state index is -0.667. The number of morpholine rings is 1. The van der Waals surface area contributed by atoms with Gasteiger partial charge in [-0.3, -0.25) is 9.59 Å². The van der Waals surface area contributed by atoms with E-state index in [0.29, 0.717) is 26.1 Å². The van der Waals surface area contributed by atoms with Crippen molar-refractivity contribution in [2.24, 2.45) is 5.92 Å². The molecule has 6 nitrogen and oxygen atoms in total. The van der Waals surface area contributed by atoms with Gasteiger partial charge < -0.3 is 15.0 Å². The minimum absolute atomic E-state index is 0.200. The number of rotatable bonds is 6. The number of hydrogen-bond acceptors (Lipinski definition) is 4. The van der Waals surface area contributed by atoms with Gasteiger partial charge in [0.25, 0.3) is 0 Å². The number of nitrogens with one attached hydrogen (secondary N) is 1. The molecule has 0 aliphatic carbocycles. The fourth-order valence-electron chi connectivity index (χ4n) is 2.18. The molecule has 0 aromatic rings. The van der Waals surface area contributed by atoms with Gasteiger partial charge in [0.05, 0.1) is 19.3 Å². The monoisotopic (exact) mass is 281 g/mol. The Hall–Kier alpha value is -1.61. The van der Waals surface area contributed by atoms with Crippen LogP contribution < -0.4 is 5.32 Å². The van der Waals surface area contributed by atoms with Crippen LogP contribution in [0.15, 0.2) is 0 Å². The van der Waals surface area contributed by atoms with E-state index in [0.717, 1.165) is 12.8 Å². The first-order valence-corrected chi connectivity index (χ1v) is 7.21. The van der Waals surface area contributed by atoms with Crippen LogP contribution in [0.4, 0.5) is 0 Å². The van der Waals surface area contributed by atoms with Gasteiger partial charge in [0.2, 0.25) is 11.8 Å². The van der Waals surface area contributed by atoms with E-state index >= 15 is 0 Å². The predicted molar refractivity (Wildman–Crippen MR) is 73.6 cm³/mol. The number of carbonyl (C=O) groups is 2. The Bertz CT molecular complexity index is 378. The molecule has 0 saturated carbocycles. The Kier molecular flexibility index (Phi) is 7.02. The van der Waals surface area contributed by atoms with Gasteiger partial charge in [0, 0.05) is 13.1 Å². The fraction of sp³-hybridized carbons (Fsp3) is 0.786. The summed E-state index contributed by atoms with van der Waals surface area (Å²) in [5, 5.41) is 11.9. The molecule has 0 spiro atoms. The maximum atomic E-state index is 12.4. The molecule has 1 fully saturated rings. The molecule has 0 radical (unpaired) electrons. The van der Waals surface area contributed by atoms with Crippen LogP contribution in [-0.4, -0.2) is 49.1 Å². The predicted octanol–water partition coefficient (Wildman–Crippen LogP) is 0.680. The Morgan fingerprint density at radius 1 is 1.45 bits per heavy atom. The molecule has 0 aromatic heterocycles. The molecule has 2 unspecified atom stereocenters. The van der Waals surface area contributed by atoms with E-state index in [9.17, 15) is 9.59 Å². The zero-order valence-electron chi connectivity index (χ0n) is 12.2. The number of amides is 2. The topological polar surface area (TPSA) is 82.4 Å². The zero-order valence-corrected chi connectivity index (χ0v) is 12.2. The van der Waals surface area contributed by atoms with Gasteiger partial charge in [-0.05, 0) is 12.8 Å². The van der Waals surface area contributed by atoms with Gasteiger partial charge in [-0.25, -0.2) is 0 Å². The lowest BCUT2D eigenvalue weighted by Crippen LogP contribution is -2.57. The van der Waals surface area contributed by atoms with Crippen LogP contribution >= 0.6 is 0 Å². The average molecular weight is 281 g/mol. The normalized spacial score (nSPS) is 20.1. The second-order valence-corrected chi connectivity index (χ2v) is 4.88. The highest BCUT2D eigenvalue weighted by atomic mass is 16.5. The van der Waals surface area contributed by atoms with Crippen LogP contribution in [-0.2, 0) is 14.3 Å². The first-order chi connectivity index (χ1) is 9.65. The highest BCUT2D eigenvalue weighted by Crippen LogP contribution is 2.15. The molecule has 1 aliphatic rings. The summed E-state index contributed by atoms with van der Waals surface area (Å²) in [4.78, 5) is 25.9. The van der Waals surface area contributed by atoms with Gasteiger partial charge in [0.15, 0.2) is 0 Å². The summed E-state index contributed by atoms with van der Waals surface area (Å²) in [5.41, 5.74) is 0. The van der Waals surface area contributed by atoms with Gasteiger partial charge >= 0.3 is 0 Å². The molecule has 20 heavy (non-hydrogen) atoms. The SMILES string of the molecule is CCCNC(=O)C1COCCN1C(=O)C(C#N)CCC. The van der Waals surface area contributed by atoms with E-state index in [2.05, 4.69) is 5.32 Å². The Labute approximate surface area is 120 Å². The maximum absolute atomic E-state index is 12.4. The number of ether oxygens (including phenoxy) is 1. The summed E-state index contributed by atoms with van der Waals surface area (Å²) in [6.07, 6.45) is 2.13. The molecule has 0 aromatic carbocycles. The highest BCUT2D eigenvalue weighted by molar-refractivity contribution is 5.89. The molecular weight excluding hydrogens is 258 g/mol. The van der Waals surface area contributed by atoms with Crippen LogP contribution in [0.3, 0.4) is 0 Å². The van der Waals surface area contributed by atoms with Gasteiger partial charge in [-0.2, -0.15) is 5.26 Å². The van der Waals surface area contributed by atoms with Crippen molar-refractivity contribution < 1.29 is 14.3 Å². The van der Waals surface area contributed by atoms with Crippen molar-refractivity contribution in [2.75, 3.05) is 26.3 Å². The van der Waals surface area contributed by atoms with E-state index in [4.69, 9.17) is 10.00 Å². The van der Waals surface area contributed by atoms with Crippen molar-refractivity contribution in [2.45, 2.75) is 39.2 Å². The highest BCUT2D eigenvalue weighted by Gasteiger charge is 2.35. The fourth-order valence-corrected chi connectivity index (χ4v) is 2.18. The van der Waals surface area contributed by atoms with E-state index in [1.807, 2.05) is 19.9 Å². The molecule has 2 amide bonds. The molecule has 1 N–H and O–H groups in total. The standard InChI is InChI=1S/C14H23N3O3/c1-3-5-11(9-15)14(19)17-7-8-20-10-12(17)13(18)16-6-4-2/h11-12H,3-8,10H2,1-2H3,(H,16,18). The summed E-state index contributed by atoms with van der Waals surface area (Å²) in [6, 6.07) is 1.42. The third-order valence-electron chi connectivity index (χ3n) is 3.29. The van der Waals surface area contributed by atoms with Crippen molar-refractivity contribution in [3.8, 4) is 6.07 Å². The third-order valence-corrected chi connectivity index (χ3v) is 3.29. The van der Waals surface area contributed by atoms with E-state index in [1.54, 1.807) is 0 Å². The number of carbonyl (C=O) groups excluding carboxylic acids is 2. The van der Waals surface area contributed by atoms with E-state index in [1.165, 1.54) is 4.90 Å². The molecule has 1 rings (SSSR count). The van der Waals surface area contributed by atoms with Crippen LogP contribution in [0.5, 0.6) is 0 Å². The second-order valence-electron chi connectivity index (χ2n) is 4.88. The summed E-state index contributed by atoms with van der Waals surface area (Å²) in [5.74, 6) is -1.12. The lowest BCUT2D eigenvalue weighted by Gasteiger charge is -2.35. The molecule has 1 heterocycles. The van der Waals surface area contributed by atoms with Crippen LogP contribution in [0.2, 0.25) is 0 Å². The summed E-state index contributed by atoms with van der Waals surface area (Å²) in [7, 11) is 0. The lowest BCUT2D eigenvalue weighted by atomic mass is 10.0. The van der Waals surface area contributed by atoms with Crippen molar-refractivity contribution in [3.05, 3.63) is 0 Å². The van der Waals surface area contributed by atoms with Gasteiger partial charge in [0.1, 0.15) is 12.0 Å². The molecule has 2 atom stereocenters. The first-order valence-electron chi connectivity index (χ1n) is 7.21. The van der Waals surface area contributed by atoms with Crippen LogP contribution in [0, 0.1) is 17.2 Å². The third kappa shape index (κ3) is 4.20. The maximum Gasteiger partial charge on any atom is 0.245 e. The smallest absolute Gasteiger partial charge is 0.245 e. The largest absolute Gasteiger partial charge is 0.377 e. The van der Waals surface area contributed by atoms with Crippen LogP contribution in [0.1, 0.15) is 33.1 Å². The molecule has 1 aliphatic heterocycles. The Morgan fingerprint density at radius 3 is 2.80 bits per heavy atom. The number of nitriles is 1. The minimum Gasteiger partial charge on any atom is -0.377 e. The number of hydrogen-bond donors (Lipinski definition) is 1. The Balaban J connectivity index is 2.75. The second kappa shape index (κ2) is 8.54. The zero-order chi connectivity index (χ0) is 15.0. The summed E-state index contributed by atoms with van der Waals surface area (Å²) in [6.45, 7) is 5.45. The van der Waals surface area contributed by atoms with Crippen molar-refractivity contribution >= 4 is 11.8 Å². The summed E-state index contributed by atoms with van der Waals surface area (Å²) >= 11 is 0. The van der Waals surface area contributed by atoms with Gasteiger partial charge in [-0.15, -0.1) is 0 Å². The quantitative estimate of drug-likeness (QED) is 0.776. The Morgan fingerprint density at radius 2 is 2.20 bits per heavy atom. The lowest BCUT2D eigenvalue weighted by molar-refractivity contribution is -0.150. The van der Waals surface area contributed by atoms with Gasteiger partial charge in [-0.1, -0.05) is 20.3 Å². The molecule has 112 valence electrons. The molecule has 1 saturated heterocycles.